The highest BCUT2D eigenvalue weighted by atomic mass is 19.4. The van der Waals surface area contributed by atoms with Gasteiger partial charge in [0, 0.05) is 13.1 Å². The van der Waals surface area contributed by atoms with Crippen LogP contribution in [-0.2, 0) is 17.4 Å². The van der Waals surface area contributed by atoms with Crippen LogP contribution in [0.3, 0.4) is 0 Å². The lowest BCUT2D eigenvalue weighted by atomic mass is 9.97. The Balaban J connectivity index is 2.96. The fourth-order valence-electron chi connectivity index (χ4n) is 1.82. The molecule has 1 amide bonds. The van der Waals surface area contributed by atoms with Gasteiger partial charge in [-0.15, -0.1) is 0 Å². The summed E-state index contributed by atoms with van der Waals surface area (Å²) >= 11 is 0. The smallest absolute Gasteiger partial charge is 0.356 e. The highest BCUT2D eigenvalue weighted by Gasteiger charge is 2.31. The molecule has 20 heavy (non-hydrogen) atoms. The normalized spacial score (nSPS) is 13.1. The molecule has 1 aromatic carbocycles. The highest BCUT2D eigenvalue weighted by molar-refractivity contribution is 5.79. The maximum Gasteiger partial charge on any atom is 0.416 e. The van der Waals surface area contributed by atoms with Crippen LogP contribution in [0.2, 0.25) is 0 Å². The summed E-state index contributed by atoms with van der Waals surface area (Å²) in [7, 11) is 0. The van der Waals surface area contributed by atoms with Crippen LogP contribution in [0, 0.1) is 11.7 Å². The minimum Gasteiger partial charge on any atom is -0.356 e. The second-order valence-corrected chi connectivity index (χ2v) is 4.38. The molecule has 0 bridgehead atoms. The summed E-state index contributed by atoms with van der Waals surface area (Å²) < 4.78 is 51.0. The SMILES string of the molecule is CCNC(=O)C(CN)Cc1cc(F)cc(C(F)(F)F)c1. The summed E-state index contributed by atoms with van der Waals surface area (Å²) in [5.74, 6) is -2.02. The molecule has 3 nitrogen and oxygen atoms in total. The van der Waals surface area contributed by atoms with E-state index in [-0.39, 0.29) is 24.4 Å². The molecule has 1 rings (SSSR count). The zero-order valence-corrected chi connectivity index (χ0v) is 10.9. The predicted octanol–water partition coefficient (Wildman–Crippen LogP) is 2.10. The quantitative estimate of drug-likeness (QED) is 0.817. The molecular weight excluding hydrogens is 276 g/mol. The number of nitrogens with two attached hydrogens (primary N) is 1. The number of rotatable bonds is 5. The average Bonchev–Trinajstić information content (AvgIpc) is 2.34. The maximum atomic E-state index is 13.2. The molecule has 0 aliphatic heterocycles. The van der Waals surface area contributed by atoms with Gasteiger partial charge in [0.15, 0.2) is 0 Å². The number of alkyl halides is 3. The van der Waals surface area contributed by atoms with E-state index < -0.39 is 23.5 Å². The molecular formula is C13H16F4N2O. The molecule has 0 radical (unpaired) electrons. The molecule has 112 valence electrons. The first kappa shape index (κ1) is 16.4. The van der Waals surface area contributed by atoms with Gasteiger partial charge in [-0.3, -0.25) is 4.79 Å². The van der Waals surface area contributed by atoms with Crippen LogP contribution in [0.4, 0.5) is 17.6 Å². The fourth-order valence-corrected chi connectivity index (χ4v) is 1.82. The van der Waals surface area contributed by atoms with E-state index in [1.54, 1.807) is 6.92 Å². The Hall–Kier alpha value is -1.63. The molecule has 0 fully saturated rings. The fraction of sp³-hybridized carbons (Fsp3) is 0.462. The van der Waals surface area contributed by atoms with Gasteiger partial charge in [-0.2, -0.15) is 13.2 Å². The summed E-state index contributed by atoms with van der Waals surface area (Å²) in [6.45, 7) is 2.09. The number of carbonyl (C=O) groups is 1. The van der Waals surface area contributed by atoms with Crippen molar-refractivity contribution in [3.63, 3.8) is 0 Å². The molecule has 7 heteroatoms. The zero-order chi connectivity index (χ0) is 15.3. The number of amides is 1. The minimum absolute atomic E-state index is 0.0241. The second-order valence-electron chi connectivity index (χ2n) is 4.38. The molecule has 0 heterocycles. The molecule has 1 aromatic rings. The molecule has 3 N–H and O–H groups in total. The molecule has 1 unspecified atom stereocenters. The van der Waals surface area contributed by atoms with E-state index in [0.29, 0.717) is 12.6 Å². The summed E-state index contributed by atoms with van der Waals surface area (Å²) in [4.78, 5) is 11.6. The maximum absolute atomic E-state index is 13.2. The van der Waals surface area contributed by atoms with E-state index in [2.05, 4.69) is 5.32 Å². The van der Waals surface area contributed by atoms with Gasteiger partial charge in [0.2, 0.25) is 5.91 Å². The standard InChI is InChI=1S/C13H16F4N2O/c1-2-19-12(20)9(7-18)3-8-4-10(13(15,16)17)6-11(14)5-8/h4-6,9H,2-3,7,18H2,1H3,(H,19,20). The summed E-state index contributed by atoms with van der Waals surface area (Å²) in [6, 6.07) is 2.25. The largest absolute Gasteiger partial charge is 0.416 e. The van der Waals surface area contributed by atoms with E-state index in [9.17, 15) is 22.4 Å². The van der Waals surface area contributed by atoms with Crippen molar-refractivity contribution in [2.24, 2.45) is 11.7 Å². The van der Waals surface area contributed by atoms with Gasteiger partial charge < -0.3 is 11.1 Å². The first-order chi connectivity index (χ1) is 9.27. The topological polar surface area (TPSA) is 55.1 Å². The first-order valence-corrected chi connectivity index (χ1v) is 6.12. The van der Waals surface area contributed by atoms with Crippen molar-refractivity contribution in [3.05, 3.63) is 35.1 Å². The van der Waals surface area contributed by atoms with E-state index in [1.165, 1.54) is 0 Å². The molecule has 0 saturated carbocycles. The van der Waals surface area contributed by atoms with Crippen molar-refractivity contribution in [2.75, 3.05) is 13.1 Å². The van der Waals surface area contributed by atoms with Crippen LogP contribution in [0.15, 0.2) is 18.2 Å². The van der Waals surface area contributed by atoms with Crippen LogP contribution in [0.1, 0.15) is 18.1 Å². The molecule has 0 aliphatic carbocycles. The second kappa shape index (κ2) is 6.69. The lowest BCUT2D eigenvalue weighted by Gasteiger charge is -2.15. The summed E-state index contributed by atoms with van der Waals surface area (Å²) in [6.07, 6.45) is -4.66. The van der Waals surface area contributed by atoms with Gasteiger partial charge in [-0.1, -0.05) is 0 Å². The zero-order valence-electron chi connectivity index (χ0n) is 10.9. The predicted molar refractivity (Wildman–Crippen MR) is 66.3 cm³/mol. The van der Waals surface area contributed by atoms with Crippen molar-refractivity contribution >= 4 is 5.91 Å². The van der Waals surface area contributed by atoms with Gasteiger partial charge in [-0.25, -0.2) is 4.39 Å². The molecule has 0 aromatic heterocycles. The van der Waals surface area contributed by atoms with Crippen molar-refractivity contribution in [2.45, 2.75) is 19.5 Å². The van der Waals surface area contributed by atoms with Gasteiger partial charge in [0.05, 0.1) is 11.5 Å². The van der Waals surface area contributed by atoms with Gasteiger partial charge in [-0.05, 0) is 37.1 Å². The number of hydrogen-bond acceptors (Lipinski definition) is 2. The monoisotopic (exact) mass is 292 g/mol. The number of carbonyl (C=O) groups excluding carboxylic acids is 1. The van der Waals surface area contributed by atoms with E-state index in [4.69, 9.17) is 5.73 Å². The number of halogens is 4. The van der Waals surface area contributed by atoms with Crippen LogP contribution >= 0.6 is 0 Å². The third-order valence-electron chi connectivity index (χ3n) is 2.77. The lowest BCUT2D eigenvalue weighted by Crippen LogP contribution is -2.36. The lowest BCUT2D eigenvalue weighted by molar-refractivity contribution is -0.137. The Kier molecular flexibility index (Phi) is 5.50. The van der Waals surface area contributed by atoms with E-state index in [1.807, 2.05) is 0 Å². The Morgan fingerprint density at radius 1 is 1.35 bits per heavy atom. The highest BCUT2D eigenvalue weighted by Crippen LogP contribution is 2.30. The van der Waals surface area contributed by atoms with Crippen molar-refractivity contribution < 1.29 is 22.4 Å². The Morgan fingerprint density at radius 3 is 2.50 bits per heavy atom. The van der Waals surface area contributed by atoms with Crippen molar-refractivity contribution in [1.82, 2.24) is 5.32 Å². The minimum atomic E-state index is -4.62. The van der Waals surface area contributed by atoms with E-state index >= 15 is 0 Å². The van der Waals surface area contributed by atoms with Crippen molar-refractivity contribution in [3.8, 4) is 0 Å². The van der Waals surface area contributed by atoms with E-state index in [0.717, 1.165) is 12.1 Å². The number of nitrogens with one attached hydrogen (secondary N) is 1. The molecule has 0 spiro atoms. The third-order valence-corrected chi connectivity index (χ3v) is 2.77. The van der Waals surface area contributed by atoms with Gasteiger partial charge in [0.1, 0.15) is 5.82 Å². The van der Waals surface area contributed by atoms with Crippen LogP contribution < -0.4 is 11.1 Å². The van der Waals surface area contributed by atoms with Gasteiger partial charge >= 0.3 is 6.18 Å². The number of benzene rings is 1. The Bertz CT molecular complexity index is 474. The van der Waals surface area contributed by atoms with Crippen molar-refractivity contribution in [1.29, 1.82) is 0 Å². The number of hydrogen-bond donors (Lipinski definition) is 2. The molecule has 0 saturated heterocycles. The Morgan fingerprint density at radius 2 is 2.00 bits per heavy atom. The molecule has 1 atom stereocenters. The molecule has 0 aliphatic rings. The van der Waals surface area contributed by atoms with Crippen LogP contribution in [-0.4, -0.2) is 19.0 Å². The third kappa shape index (κ3) is 4.48. The summed E-state index contributed by atoms with van der Waals surface area (Å²) in [5.41, 5.74) is 4.46. The van der Waals surface area contributed by atoms with Crippen LogP contribution in [0.5, 0.6) is 0 Å². The Labute approximate surface area is 114 Å². The average molecular weight is 292 g/mol. The van der Waals surface area contributed by atoms with Crippen LogP contribution in [0.25, 0.3) is 0 Å². The first-order valence-electron chi connectivity index (χ1n) is 6.12. The van der Waals surface area contributed by atoms with Gasteiger partial charge in [0.25, 0.3) is 0 Å². The summed E-state index contributed by atoms with van der Waals surface area (Å²) in [5, 5.41) is 2.54.